The van der Waals surface area contributed by atoms with E-state index in [1.54, 1.807) is 6.92 Å². The van der Waals surface area contributed by atoms with Gasteiger partial charge < -0.3 is 31.5 Å². The summed E-state index contributed by atoms with van der Waals surface area (Å²) in [6.07, 6.45) is -0.423. The zero-order chi connectivity index (χ0) is 13.1. The van der Waals surface area contributed by atoms with E-state index in [0.717, 1.165) is 0 Å². The molecule has 17 heavy (non-hydrogen) atoms. The van der Waals surface area contributed by atoms with Gasteiger partial charge in [0.25, 0.3) is 0 Å². The number of carbonyl (C=O) groups excluding carboxylic acids is 1. The lowest BCUT2D eigenvalue weighted by Crippen LogP contribution is -2.32. The number of carbonyl (C=O) groups is 1. The van der Waals surface area contributed by atoms with Crippen LogP contribution in [0.2, 0.25) is 0 Å². The number of oxime groups is 1. The van der Waals surface area contributed by atoms with E-state index in [0.29, 0.717) is 26.3 Å². The van der Waals surface area contributed by atoms with Gasteiger partial charge in [0.2, 0.25) is 5.91 Å². The molecule has 0 aliphatic heterocycles. The highest BCUT2D eigenvalue weighted by Gasteiger charge is 2.06. The Hall–Kier alpha value is -1.38. The van der Waals surface area contributed by atoms with Gasteiger partial charge in [0, 0.05) is 13.1 Å². The zero-order valence-corrected chi connectivity index (χ0v) is 9.89. The van der Waals surface area contributed by atoms with Crippen LogP contribution in [0, 0.1) is 0 Å². The molecule has 0 aromatic rings. The number of nitrogens with one attached hydrogen (secondary N) is 1. The second kappa shape index (κ2) is 9.82. The van der Waals surface area contributed by atoms with E-state index in [1.165, 1.54) is 0 Å². The third kappa shape index (κ3) is 9.54. The molecular weight excluding hydrogens is 228 g/mol. The second-order valence-corrected chi connectivity index (χ2v) is 3.31. The van der Waals surface area contributed by atoms with Gasteiger partial charge >= 0.3 is 0 Å². The molecule has 0 rings (SSSR count). The van der Waals surface area contributed by atoms with Crippen LogP contribution in [0.3, 0.4) is 0 Å². The number of primary amides is 1. The number of rotatable bonds is 10. The molecule has 0 heterocycles. The first-order valence-corrected chi connectivity index (χ1v) is 5.23. The maximum Gasteiger partial charge on any atom is 0.243 e. The number of nitrogens with two attached hydrogens (primary N) is 2. The molecule has 6 N–H and O–H groups in total. The molecule has 0 aliphatic carbocycles. The van der Waals surface area contributed by atoms with Gasteiger partial charge in [-0.25, -0.2) is 0 Å². The molecule has 0 saturated carbocycles. The van der Waals surface area contributed by atoms with Crippen molar-refractivity contribution in [2.75, 3.05) is 32.9 Å². The maximum absolute atomic E-state index is 10.3. The normalized spacial score (nSPS) is 13.6. The Morgan fingerprint density at radius 2 is 2.06 bits per heavy atom. The zero-order valence-electron chi connectivity index (χ0n) is 9.89. The van der Waals surface area contributed by atoms with E-state index >= 15 is 0 Å². The van der Waals surface area contributed by atoms with Crippen LogP contribution < -0.4 is 16.8 Å². The fourth-order valence-electron chi connectivity index (χ4n) is 0.917. The highest BCUT2D eigenvalue weighted by atomic mass is 16.5. The maximum atomic E-state index is 10.3. The first kappa shape index (κ1) is 15.6. The molecule has 1 amide bonds. The number of amidine groups is 1. The van der Waals surface area contributed by atoms with Gasteiger partial charge in [0.15, 0.2) is 5.84 Å². The SMILES string of the molecule is CC(OCCNCCOCC(N)=O)C(N)=NO. The van der Waals surface area contributed by atoms with Crippen molar-refractivity contribution in [2.24, 2.45) is 16.6 Å². The van der Waals surface area contributed by atoms with Crippen molar-refractivity contribution in [2.45, 2.75) is 13.0 Å². The van der Waals surface area contributed by atoms with Gasteiger partial charge in [0.05, 0.1) is 13.2 Å². The molecule has 8 heteroatoms. The molecule has 0 spiro atoms. The molecule has 0 radical (unpaired) electrons. The molecule has 0 saturated heterocycles. The predicted molar refractivity (Wildman–Crippen MR) is 61.7 cm³/mol. The number of amides is 1. The van der Waals surface area contributed by atoms with Crippen LogP contribution in [-0.2, 0) is 14.3 Å². The van der Waals surface area contributed by atoms with E-state index in [1.807, 2.05) is 0 Å². The third-order valence-electron chi connectivity index (χ3n) is 1.85. The van der Waals surface area contributed by atoms with Crippen LogP contribution in [-0.4, -0.2) is 56.0 Å². The minimum Gasteiger partial charge on any atom is -0.409 e. The molecular formula is C9H20N4O4. The minimum absolute atomic E-state index is 0.0368. The van der Waals surface area contributed by atoms with Crippen LogP contribution in [0.1, 0.15) is 6.92 Å². The van der Waals surface area contributed by atoms with Crippen molar-refractivity contribution in [3.63, 3.8) is 0 Å². The average Bonchev–Trinajstić information content (AvgIpc) is 2.30. The van der Waals surface area contributed by atoms with Crippen molar-refractivity contribution in [1.82, 2.24) is 5.32 Å². The third-order valence-corrected chi connectivity index (χ3v) is 1.85. The Kier molecular flexibility index (Phi) is 9.02. The molecule has 0 fully saturated rings. The molecule has 1 unspecified atom stereocenters. The van der Waals surface area contributed by atoms with Crippen LogP contribution in [0.5, 0.6) is 0 Å². The largest absolute Gasteiger partial charge is 0.409 e. The van der Waals surface area contributed by atoms with E-state index in [9.17, 15) is 4.79 Å². The fraction of sp³-hybridized carbons (Fsp3) is 0.778. The Bertz CT molecular complexity index is 247. The van der Waals surface area contributed by atoms with Crippen molar-refractivity contribution in [3.8, 4) is 0 Å². The summed E-state index contributed by atoms with van der Waals surface area (Å²) in [5, 5.41) is 14.2. The summed E-state index contributed by atoms with van der Waals surface area (Å²) in [7, 11) is 0. The lowest BCUT2D eigenvalue weighted by atomic mass is 10.4. The molecule has 0 bridgehead atoms. The van der Waals surface area contributed by atoms with Gasteiger partial charge in [-0.2, -0.15) is 0 Å². The first-order chi connectivity index (χ1) is 8.07. The molecule has 100 valence electrons. The molecule has 1 atom stereocenters. The van der Waals surface area contributed by atoms with E-state index in [4.69, 9.17) is 26.1 Å². The Morgan fingerprint density at radius 1 is 1.41 bits per heavy atom. The fourth-order valence-corrected chi connectivity index (χ4v) is 0.917. The van der Waals surface area contributed by atoms with Gasteiger partial charge in [0.1, 0.15) is 12.7 Å². The monoisotopic (exact) mass is 248 g/mol. The topological polar surface area (TPSA) is 132 Å². The van der Waals surface area contributed by atoms with Gasteiger partial charge in [-0.15, -0.1) is 0 Å². The second-order valence-electron chi connectivity index (χ2n) is 3.31. The van der Waals surface area contributed by atoms with Crippen molar-refractivity contribution < 1.29 is 19.5 Å². The number of ether oxygens (including phenoxy) is 2. The summed E-state index contributed by atoms with van der Waals surface area (Å²) < 4.78 is 10.2. The summed E-state index contributed by atoms with van der Waals surface area (Å²) in [5.41, 5.74) is 10.2. The van der Waals surface area contributed by atoms with E-state index < -0.39 is 12.0 Å². The van der Waals surface area contributed by atoms with Crippen LogP contribution in [0.25, 0.3) is 0 Å². The molecule has 8 nitrogen and oxygen atoms in total. The Labute approximate surface area is 99.9 Å². The molecule has 0 aromatic carbocycles. The predicted octanol–water partition coefficient (Wildman–Crippen LogP) is -1.77. The summed E-state index contributed by atoms with van der Waals surface area (Å²) in [6, 6.07) is 0. The van der Waals surface area contributed by atoms with Crippen molar-refractivity contribution in [1.29, 1.82) is 0 Å². The summed E-state index contributed by atoms with van der Waals surface area (Å²) in [6.45, 7) is 3.63. The lowest BCUT2D eigenvalue weighted by Gasteiger charge is -2.11. The van der Waals surface area contributed by atoms with Gasteiger partial charge in [-0.3, -0.25) is 4.79 Å². The van der Waals surface area contributed by atoms with Crippen LogP contribution in [0.15, 0.2) is 5.16 Å². The molecule has 0 aromatic heterocycles. The molecule has 0 aliphatic rings. The number of hydrogen-bond donors (Lipinski definition) is 4. The van der Waals surface area contributed by atoms with E-state index in [-0.39, 0.29) is 12.4 Å². The Balaban J connectivity index is 3.27. The number of nitrogens with zero attached hydrogens (tertiary/aromatic N) is 1. The van der Waals surface area contributed by atoms with Crippen molar-refractivity contribution >= 4 is 11.7 Å². The van der Waals surface area contributed by atoms with Crippen LogP contribution in [0.4, 0.5) is 0 Å². The quantitative estimate of drug-likeness (QED) is 0.119. The van der Waals surface area contributed by atoms with Crippen molar-refractivity contribution in [3.05, 3.63) is 0 Å². The summed E-state index contributed by atoms with van der Waals surface area (Å²) in [4.78, 5) is 10.3. The summed E-state index contributed by atoms with van der Waals surface area (Å²) in [5.74, 6) is -0.448. The smallest absolute Gasteiger partial charge is 0.243 e. The standard InChI is InChI=1S/C9H20N4O4/c1-7(9(11)13-15)17-5-3-12-2-4-16-6-8(10)14/h7,12,15H,2-6H2,1H3,(H2,10,14)(H2,11,13). The average molecular weight is 248 g/mol. The lowest BCUT2D eigenvalue weighted by molar-refractivity contribution is -0.122. The minimum atomic E-state index is -0.485. The van der Waals surface area contributed by atoms with Gasteiger partial charge in [-0.1, -0.05) is 5.16 Å². The summed E-state index contributed by atoms with van der Waals surface area (Å²) >= 11 is 0. The van der Waals surface area contributed by atoms with Gasteiger partial charge in [-0.05, 0) is 6.92 Å². The van der Waals surface area contributed by atoms with Crippen LogP contribution >= 0.6 is 0 Å². The highest BCUT2D eigenvalue weighted by Crippen LogP contribution is 1.89. The van der Waals surface area contributed by atoms with E-state index in [2.05, 4.69) is 10.5 Å². The first-order valence-electron chi connectivity index (χ1n) is 5.23. The number of hydrogen-bond acceptors (Lipinski definition) is 6. The highest BCUT2D eigenvalue weighted by molar-refractivity contribution is 5.83. The Morgan fingerprint density at radius 3 is 2.65 bits per heavy atom.